The predicted octanol–water partition coefficient (Wildman–Crippen LogP) is 5.36. The molecule has 1 unspecified atom stereocenters. The zero-order valence-electron chi connectivity index (χ0n) is 19.4. The second-order valence-corrected chi connectivity index (χ2v) is 8.26. The Balaban J connectivity index is 2.32. The van der Waals surface area contributed by atoms with Crippen molar-refractivity contribution in [3.05, 3.63) is 35.4 Å². The highest BCUT2D eigenvalue weighted by Gasteiger charge is 2.21. The van der Waals surface area contributed by atoms with Crippen LogP contribution in [0.25, 0.3) is 0 Å². The lowest BCUT2D eigenvalue weighted by Gasteiger charge is -2.16. The van der Waals surface area contributed by atoms with E-state index >= 15 is 0 Å². The van der Waals surface area contributed by atoms with E-state index in [1.807, 2.05) is 0 Å². The number of ketones is 1. The number of carbonyl (C=O) groups is 3. The second-order valence-electron chi connectivity index (χ2n) is 8.26. The second kappa shape index (κ2) is 16.3. The predicted molar refractivity (Wildman–Crippen MR) is 126 cm³/mol. The van der Waals surface area contributed by atoms with Crippen LogP contribution in [0.1, 0.15) is 111 Å². The van der Waals surface area contributed by atoms with E-state index in [0.717, 1.165) is 19.3 Å². The first-order chi connectivity index (χ1) is 15.0. The first-order valence-corrected chi connectivity index (χ1v) is 11.9. The third-order valence-electron chi connectivity index (χ3n) is 5.64. The Morgan fingerprint density at radius 1 is 0.774 bits per heavy atom. The molecule has 1 aromatic carbocycles. The maximum absolute atomic E-state index is 12.8. The van der Waals surface area contributed by atoms with Gasteiger partial charge in [-0.25, -0.2) is 4.79 Å². The lowest BCUT2D eigenvalue weighted by molar-refractivity contribution is 0.0936. The van der Waals surface area contributed by atoms with E-state index in [1.165, 1.54) is 57.8 Å². The van der Waals surface area contributed by atoms with Crippen LogP contribution in [-0.4, -0.2) is 30.8 Å². The normalized spacial score (nSPS) is 11.7. The van der Waals surface area contributed by atoms with Gasteiger partial charge in [-0.1, -0.05) is 96.1 Å². The van der Waals surface area contributed by atoms with Crippen LogP contribution in [0.4, 0.5) is 4.79 Å². The van der Waals surface area contributed by atoms with Crippen molar-refractivity contribution in [2.24, 2.45) is 5.73 Å². The van der Waals surface area contributed by atoms with E-state index in [2.05, 4.69) is 17.6 Å². The van der Waals surface area contributed by atoms with Crippen molar-refractivity contribution >= 4 is 17.7 Å². The van der Waals surface area contributed by atoms with E-state index in [-0.39, 0.29) is 11.7 Å². The van der Waals surface area contributed by atoms with Gasteiger partial charge in [0.1, 0.15) is 0 Å². The lowest BCUT2D eigenvalue weighted by atomic mass is 9.97. The first-order valence-electron chi connectivity index (χ1n) is 11.9. The Morgan fingerprint density at radius 3 is 1.68 bits per heavy atom. The van der Waals surface area contributed by atoms with Crippen molar-refractivity contribution in [1.29, 1.82) is 0 Å². The van der Waals surface area contributed by atoms with Gasteiger partial charge in [-0.05, 0) is 18.6 Å². The van der Waals surface area contributed by atoms with Gasteiger partial charge in [0, 0.05) is 18.2 Å². The SMILES string of the molecule is CCCCCCCCCCCCCCC(NC(N)=O)C(=O)c1ccc(C(=O)NC)cc1. The van der Waals surface area contributed by atoms with Crippen molar-refractivity contribution in [2.75, 3.05) is 7.05 Å². The molecule has 0 aliphatic heterocycles. The van der Waals surface area contributed by atoms with Gasteiger partial charge in [0.05, 0.1) is 6.04 Å². The highest BCUT2D eigenvalue weighted by molar-refractivity contribution is 6.02. The standard InChI is InChI=1S/C25H41N3O3/c1-3-4-5-6-7-8-9-10-11-12-13-14-15-22(28-25(26)31)23(29)20-16-18-21(19-17-20)24(30)27-2/h16-19,22H,3-15H2,1-2H3,(H,27,30)(H3,26,28,31). The number of benzene rings is 1. The molecule has 0 aliphatic carbocycles. The number of Topliss-reactive ketones (excluding diaryl/α,β-unsaturated/α-hetero) is 1. The van der Waals surface area contributed by atoms with Crippen LogP contribution in [0.5, 0.6) is 0 Å². The molecule has 0 aromatic heterocycles. The number of unbranched alkanes of at least 4 members (excludes halogenated alkanes) is 11. The minimum Gasteiger partial charge on any atom is -0.355 e. The molecule has 6 nitrogen and oxygen atoms in total. The third kappa shape index (κ3) is 11.6. The Morgan fingerprint density at radius 2 is 1.23 bits per heavy atom. The van der Waals surface area contributed by atoms with Crippen LogP contribution in [0, 0.1) is 0 Å². The molecular weight excluding hydrogens is 390 g/mol. The van der Waals surface area contributed by atoms with Crippen LogP contribution in [0.3, 0.4) is 0 Å². The fourth-order valence-electron chi connectivity index (χ4n) is 3.76. The number of carbonyl (C=O) groups excluding carboxylic acids is 3. The van der Waals surface area contributed by atoms with Gasteiger partial charge >= 0.3 is 6.03 Å². The van der Waals surface area contributed by atoms with Crippen LogP contribution in [-0.2, 0) is 0 Å². The van der Waals surface area contributed by atoms with E-state index in [1.54, 1.807) is 31.3 Å². The molecule has 0 bridgehead atoms. The summed E-state index contributed by atoms with van der Waals surface area (Å²) in [7, 11) is 1.56. The molecule has 31 heavy (non-hydrogen) atoms. The smallest absolute Gasteiger partial charge is 0.312 e. The molecule has 1 atom stereocenters. The van der Waals surface area contributed by atoms with Crippen molar-refractivity contribution in [2.45, 2.75) is 96.4 Å². The summed E-state index contributed by atoms with van der Waals surface area (Å²) in [5.74, 6) is -0.382. The average molecular weight is 432 g/mol. The fourth-order valence-corrected chi connectivity index (χ4v) is 3.76. The maximum Gasteiger partial charge on any atom is 0.312 e. The van der Waals surface area contributed by atoms with Crippen LogP contribution in [0.15, 0.2) is 24.3 Å². The zero-order valence-corrected chi connectivity index (χ0v) is 19.4. The Labute approximate surface area is 187 Å². The fraction of sp³-hybridized carbons (Fsp3) is 0.640. The summed E-state index contributed by atoms with van der Waals surface area (Å²) >= 11 is 0. The largest absolute Gasteiger partial charge is 0.355 e. The molecule has 3 amide bonds. The molecule has 1 rings (SSSR count). The number of amides is 3. The maximum atomic E-state index is 12.8. The number of hydrogen-bond acceptors (Lipinski definition) is 3. The molecular formula is C25H41N3O3. The molecule has 0 saturated carbocycles. The number of urea groups is 1. The van der Waals surface area contributed by atoms with Crippen molar-refractivity contribution in [3.8, 4) is 0 Å². The summed E-state index contributed by atoms with van der Waals surface area (Å²) in [6.45, 7) is 2.24. The molecule has 0 aliphatic rings. The molecule has 174 valence electrons. The van der Waals surface area contributed by atoms with E-state index < -0.39 is 12.1 Å². The molecule has 6 heteroatoms. The summed E-state index contributed by atoms with van der Waals surface area (Å²) in [5.41, 5.74) is 6.22. The van der Waals surface area contributed by atoms with Crippen molar-refractivity contribution in [3.63, 3.8) is 0 Å². The molecule has 4 N–H and O–H groups in total. The average Bonchev–Trinajstić information content (AvgIpc) is 2.77. The minimum absolute atomic E-state index is 0.176. The van der Waals surface area contributed by atoms with Gasteiger partial charge in [-0.3, -0.25) is 9.59 Å². The summed E-state index contributed by atoms with van der Waals surface area (Å²) < 4.78 is 0. The van der Waals surface area contributed by atoms with Crippen LogP contribution in [0.2, 0.25) is 0 Å². The van der Waals surface area contributed by atoms with Crippen LogP contribution < -0.4 is 16.4 Å². The molecule has 0 spiro atoms. The van der Waals surface area contributed by atoms with Gasteiger partial charge in [0.2, 0.25) is 0 Å². The van der Waals surface area contributed by atoms with E-state index in [9.17, 15) is 14.4 Å². The number of nitrogens with two attached hydrogens (primary N) is 1. The van der Waals surface area contributed by atoms with Crippen molar-refractivity contribution < 1.29 is 14.4 Å². The number of hydrogen-bond donors (Lipinski definition) is 3. The monoisotopic (exact) mass is 431 g/mol. The van der Waals surface area contributed by atoms with Gasteiger partial charge in [0.15, 0.2) is 5.78 Å². The zero-order chi connectivity index (χ0) is 22.9. The van der Waals surface area contributed by atoms with Gasteiger partial charge in [-0.2, -0.15) is 0 Å². The van der Waals surface area contributed by atoms with E-state index in [0.29, 0.717) is 17.5 Å². The Hall–Kier alpha value is -2.37. The van der Waals surface area contributed by atoms with Gasteiger partial charge < -0.3 is 16.4 Å². The van der Waals surface area contributed by atoms with Crippen LogP contribution >= 0.6 is 0 Å². The first kappa shape index (κ1) is 26.7. The summed E-state index contributed by atoms with van der Waals surface area (Å²) in [4.78, 5) is 35.8. The van der Waals surface area contributed by atoms with Gasteiger partial charge in [0.25, 0.3) is 5.91 Å². The molecule has 0 heterocycles. The Bertz CT molecular complexity index is 658. The number of rotatable bonds is 17. The minimum atomic E-state index is -0.695. The summed E-state index contributed by atoms with van der Waals surface area (Å²) in [5, 5.41) is 5.12. The van der Waals surface area contributed by atoms with Gasteiger partial charge in [-0.15, -0.1) is 0 Å². The molecule has 0 radical (unpaired) electrons. The van der Waals surface area contributed by atoms with Crippen molar-refractivity contribution in [1.82, 2.24) is 10.6 Å². The number of primary amides is 1. The molecule has 0 fully saturated rings. The topological polar surface area (TPSA) is 101 Å². The number of nitrogens with one attached hydrogen (secondary N) is 2. The van der Waals surface area contributed by atoms with E-state index in [4.69, 9.17) is 5.73 Å². The highest BCUT2D eigenvalue weighted by Crippen LogP contribution is 2.15. The molecule has 0 saturated heterocycles. The third-order valence-corrected chi connectivity index (χ3v) is 5.64. The summed E-state index contributed by atoms with van der Waals surface area (Å²) in [6, 6.07) is 5.12. The lowest BCUT2D eigenvalue weighted by Crippen LogP contribution is -2.43. The molecule has 1 aromatic rings. The summed E-state index contributed by atoms with van der Waals surface area (Å²) in [6.07, 6.45) is 15.5. The Kier molecular flexibility index (Phi) is 14.1. The quantitative estimate of drug-likeness (QED) is 0.229. The highest BCUT2D eigenvalue weighted by atomic mass is 16.2.